The van der Waals surface area contributed by atoms with Gasteiger partial charge < -0.3 is 0 Å². The van der Waals surface area contributed by atoms with E-state index in [9.17, 15) is 0 Å². The molecule has 0 N–H and O–H groups in total. The third kappa shape index (κ3) is 3.00. The lowest BCUT2D eigenvalue weighted by molar-refractivity contribution is 0.190. The number of hydrogen-bond acceptors (Lipinski definition) is 0. The van der Waals surface area contributed by atoms with E-state index in [1.165, 1.54) is 32.1 Å². The maximum absolute atomic E-state index is 2.52. The molecule has 0 nitrogen and oxygen atoms in total. The van der Waals surface area contributed by atoms with Crippen molar-refractivity contribution in [3.63, 3.8) is 0 Å². The zero-order chi connectivity index (χ0) is 18.5. The molecule has 0 spiro atoms. The van der Waals surface area contributed by atoms with E-state index >= 15 is 0 Å². The van der Waals surface area contributed by atoms with Crippen molar-refractivity contribution in [3.05, 3.63) is 58.7 Å². The number of fused-ring (bicyclic) bond motifs is 1. The van der Waals surface area contributed by atoms with Gasteiger partial charge in [0.15, 0.2) is 0 Å². The largest absolute Gasteiger partial charge is 0.0839 e. The van der Waals surface area contributed by atoms with Gasteiger partial charge in [0.05, 0.1) is 0 Å². The molecule has 0 saturated heterocycles. The average molecular weight is 349 g/mol. The summed E-state index contributed by atoms with van der Waals surface area (Å²) in [7, 11) is 0. The molecule has 5 unspecified atom stereocenters. The molecule has 26 heavy (non-hydrogen) atoms. The fraction of sp³-hybridized carbons (Fsp3) is 0.615. The Labute approximate surface area is 160 Å². The van der Waals surface area contributed by atoms with E-state index in [1.807, 2.05) is 0 Å². The molecule has 3 aliphatic carbocycles. The van der Waals surface area contributed by atoms with Gasteiger partial charge in [0.2, 0.25) is 0 Å². The zero-order valence-electron chi connectivity index (χ0n) is 17.4. The number of hydrogen-bond donors (Lipinski definition) is 0. The van der Waals surface area contributed by atoms with Gasteiger partial charge in [-0.1, -0.05) is 76.6 Å². The molecule has 140 valence electrons. The lowest BCUT2D eigenvalue weighted by Crippen LogP contribution is -2.33. The van der Waals surface area contributed by atoms with Gasteiger partial charge in [0.25, 0.3) is 0 Å². The van der Waals surface area contributed by atoms with Gasteiger partial charge >= 0.3 is 0 Å². The molecule has 0 heterocycles. The van der Waals surface area contributed by atoms with E-state index in [2.05, 4.69) is 71.0 Å². The van der Waals surface area contributed by atoms with Gasteiger partial charge in [-0.2, -0.15) is 0 Å². The van der Waals surface area contributed by atoms with E-state index in [4.69, 9.17) is 0 Å². The highest BCUT2D eigenvalue weighted by Crippen LogP contribution is 2.54. The monoisotopic (exact) mass is 348 g/mol. The first-order valence-electron chi connectivity index (χ1n) is 10.9. The Balaban J connectivity index is 1.70. The normalized spacial score (nSPS) is 35.8. The van der Waals surface area contributed by atoms with E-state index in [1.54, 1.807) is 22.3 Å². The minimum absolute atomic E-state index is 0.391. The minimum Gasteiger partial charge on any atom is -0.0839 e. The molecule has 0 fully saturated rings. The third-order valence-electron chi connectivity index (χ3n) is 8.20. The summed E-state index contributed by atoms with van der Waals surface area (Å²) in [6, 6.07) is 9.32. The molecule has 3 aliphatic rings. The van der Waals surface area contributed by atoms with Crippen LogP contribution in [0.2, 0.25) is 0 Å². The van der Waals surface area contributed by atoms with Crippen LogP contribution in [0.4, 0.5) is 0 Å². The van der Waals surface area contributed by atoms with Gasteiger partial charge in [-0.3, -0.25) is 0 Å². The van der Waals surface area contributed by atoms with Crippen molar-refractivity contribution in [2.45, 2.75) is 78.6 Å². The number of allylic oxidation sites excluding steroid dienone is 4. The summed E-state index contributed by atoms with van der Waals surface area (Å²) in [5, 5.41) is 0. The Bertz CT molecular complexity index is 732. The van der Waals surface area contributed by atoms with Gasteiger partial charge in [-0.25, -0.2) is 0 Å². The molecule has 0 radical (unpaired) electrons. The molecule has 0 amide bonds. The Morgan fingerprint density at radius 2 is 1.77 bits per heavy atom. The molecule has 0 heteroatoms. The van der Waals surface area contributed by atoms with Crippen LogP contribution in [0, 0.1) is 23.2 Å². The molecule has 5 atom stereocenters. The molecule has 1 aromatic rings. The predicted octanol–water partition coefficient (Wildman–Crippen LogP) is 7.63. The van der Waals surface area contributed by atoms with Crippen molar-refractivity contribution < 1.29 is 0 Å². The fourth-order valence-electron chi connectivity index (χ4n) is 6.07. The summed E-state index contributed by atoms with van der Waals surface area (Å²) in [5.74, 6) is 3.73. The van der Waals surface area contributed by atoms with Crippen LogP contribution in [-0.4, -0.2) is 0 Å². The topological polar surface area (TPSA) is 0 Å². The van der Waals surface area contributed by atoms with Crippen LogP contribution in [0.25, 0.3) is 0 Å². The van der Waals surface area contributed by atoms with Crippen molar-refractivity contribution in [2.75, 3.05) is 0 Å². The van der Waals surface area contributed by atoms with E-state index < -0.39 is 0 Å². The molecule has 0 bridgehead atoms. The molecular formula is C26H36. The summed E-state index contributed by atoms with van der Waals surface area (Å²) in [6.07, 6.45) is 11.5. The van der Waals surface area contributed by atoms with Crippen LogP contribution < -0.4 is 0 Å². The summed E-state index contributed by atoms with van der Waals surface area (Å²) in [5.41, 5.74) is 7.14. The van der Waals surface area contributed by atoms with Crippen molar-refractivity contribution in [2.24, 2.45) is 23.2 Å². The van der Waals surface area contributed by atoms with Crippen molar-refractivity contribution in [1.29, 1.82) is 0 Å². The number of benzene rings is 1. The highest BCUT2D eigenvalue weighted by Gasteiger charge is 2.41. The maximum atomic E-state index is 2.52. The zero-order valence-corrected chi connectivity index (χ0v) is 17.4. The second-order valence-electron chi connectivity index (χ2n) is 10.1. The van der Waals surface area contributed by atoms with Crippen molar-refractivity contribution >= 4 is 0 Å². The quantitative estimate of drug-likeness (QED) is 0.515. The van der Waals surface area contributed by atoms with Crippen LogP contribution in [-0.2, 0) is 0 Å². The molecule has 0 aliphatic heterocycles. The SMILES string of the molecule is CC1CC2=C(C=CCC2)C(CC2CC(C)(C)C(C)c3ccccc32)C1C. The van der Waals surface area contributed by atoms with E-state index in [0.29, 0.717) is 17.3 Å². The Morgan fingerprint density at radius 1 is 1.04 bits per heavy atom. The predicted molar refractivity (Wildman–Crippen MR) is 112 cm³/mol. The minimum atomic E-state index is 0.391. The van der Waals surface area contributed by atoms with E-state index in [0.717, 1.165) is 17.8 Å². The van der Waals surface area contributed by atoms with Gasteiger partial charge in [0.1, 0.15) is 0 Å². The van der Waals surface area contributed by atoms with Crippen LogP contribution in [0.1, 0.15) is 89.7 Å². The second kappa shape index (κ2) is 6.70. The molecule has 1 aromatic carbocycles. The summed E-state index contributed by atoms with van der Waals surface area (Å²) < 4.78 is 0. The smallest absolute Gasteiger partial charge is 0.0128 e. The first kappa shape index (κ1) is 18.1. The lowest BCUT2D eigenvalue weighted by Gasteiger charge is -2.46. The van der Waals surface area contributed by atoms with Crippen molar-refractivity contribution in [3.8, 4) is 0 Å². The van der Waals surface area contributed by atoms with Crippen LogP contribution in [0.5, 0.6) is 0 Å². The highest BCUT2D eigenvalue weighted by atomic mass is 14.5. The summed E-state index contributed by atoms with van der Waals surface area (Å²) >= 11 is 0. The van der Waals surface area contributed by atoms with Gasteiger partial charge in [-0.15, -0.1) is 0 Å². The Hall–Kier alpha value is -1.30. The second-order valence-corrected chi connectivity index (χ2v) is 10.1. The molecule has 0 saturated carbocycles. The lowest BCUT2D eigenvalue weighted by atomic mass is 9.59. The first-order valence-corrected chi connectivity index (χ1v) is 10.9. The van der Waals surface area contributed by atoms with Crippen molar-refractivity contribution in [1.82, 2.24) is 0 Å². The summed E-state index contributed by atoms with van der Waals surface area (Å²) in [4.78, 5) is 0. The highest BCUT2D eigenvalue weighted by molar-refractivity contribution is 5.39. The fourth-order valence-corrected chi connectivity index (χ4v) is 6.07. The van der Waals surface area contributed by atoms with Crippen LogP contribution >= 0.6 is 0 Å². The Kier molecular flexibility index (Phi) is 4.66. The molecule has 0 aromatic heterocycles. The van der Waals surface area contributed by atoms with Crippen LogP contribution in [0.15, 0.2) is 47.6 Å². The Morgan fingerprint density at radius 3 is 2.54 bits per heavy atom. The average Bonchev–Trinajstić information content (AvgIpc) is 2.63. The first-order chi connectivity index (χ1) is 12.4. The third-order valence-corrected chi connectivity index (χ3v) is 8.20. The summed E-state index contributed by atoms with van der Waals surface area (Å²) in [6.45, 7) is 12.4. The van der Waals surface area contributed by atoms with E-state index in [-0.39, 0.29) is 0 Å². The molecular weight excluding hydrogens is 312 g/mol. The number of rotatable bonds is 2. The van der Waals surface area contributed by atoms with Gasteiger partial charge in [-0.05, 0) is 83.8 Å². The standard InChI is InChI=1S/C26H36/c1-17-14-20-10-6-7-12-23(20)25(18(17)2)15-21-16-26(4,5)19(3)22-11-8-9-13-24(21)22/h7-9,11-13,17-19,21,25H,6,10,14-16H2,1-5H3. The van der Waals surface area contributed by atoms with Crippen LogP contribution in [0.3, 0.4) is 0 Å². The maximum Gasteiger partial charge on any atom is -0.0128 e. The molecule has 4 rings (SSSR count). The van der Waals surface area contributed by atoms with Gasteiger partial charge in [0, 0.05) is 0 Å².